The Morgan fingerprint density at radius 3 is 2.02 bits per heavy atom. The predicted octanol–water partition coefficient (Wildman–Crippen LogP) is 12.2. The molecule has 0 bridgehead atoms. The van der Waals surface area contributed by atoms with Crippen LogP contribution in [0.1, 0.15) is 0 Å². The summed E-state index contributed by atoms with van der Waals surface area (Å²) in [7, 11) is 0. The SMILES string of the molecule is c1ccc(-c2cccc(N(c3ccc4c(ccc5nc(-c6ccccc6)oc54)c3)c3ccc4sc5ccccc5c4c3)c2)cc1. The lowest BCUT2D eigenvalue weighted by Gasteiger charge is -2.26. The summed E-state index contributed by atoms with van der Waals surface area (Å²) in [5.41, 5.74) is 8.30. The van der Waals surface area contributed by atoms with Crippen LogP contribution < -0.4 is 4.90 Å². The molecule has 0 amide bonds. The number of nitrogens with zero attached hydrogens (tertiary/aromatic N) is 2. The number of thiophene rings is 1. The molecule has 9 rings (SSSR count). The first-order chi connectivity index (χ1) is 22.3. The van der Waals surface area contributed by atoms with Gasteiger partial charge in [-0.25, -0.2) is 4.98 Å². The molecule has 0 radical (unpaired) electrons. The molecule has 212 valence electrons. The number of hydrogen-bond acceptors (Lipinski definition) is 4. The van der Waals surface area contributed by atoms with Crippen LogP contribution in [0.15, 0.2) is 162 Å². The molecular weight excluding hydrogens is 569 g/mol. The molecule has 45 heavy (non-hydrogen) atoms. The summed E-state index contributed by atoms with van der Waals surface area (Å²) < 4.78 is 8.95. The summed E-state index contributed by atoms with van der Waals surface area (Å²) in [6.07, 6.45) is 0. The summed E-state index contributed by atoms with van der Waals surface area (Å²) in [5.74, 6) is 0.637. The molecule has 0 aliphatic rings. The van der Waals surface area contributed by atoms with Crippen molar-refractivity contribution in [1.29, 1.82) is 0 Å². The third-order valence-electron chi connectivity index (χ3n) is 8.46. The summed E-state index contributed by atoms with van der Waals surface area (Å²) in [6, 6.07) is 55.7. The lowest BCUT2D eigenvalue weighted by atomic mass is 10.0. The highest BCUT2D eigenvalue weighted by Gasteiger charge is 2.18. The van der Waals surface area contributed by atoms with E-state index in [1.54, 1.807) is 0 Å². The zero-order valence-corrected chi connectivity index (χ0v) is 25.0. The molecule has 0 atom stereocenters. The highest BCUT2D eigenvalue weighted by molar-refractivity contribution is 7.25. The van der Waals surface area contributed by atoms with E-state index in [9.17, 15) is 0 Å². The molecule has 2 aromatic heterocycles. The Morgan fingerprint density at radius 2 is 1.16 bits per heavy atom. The Morgan fingerprint density at radius 1 is 0.467 bits per heavy atom. The number of rotatable bonds is 5. The smallest absolute Gasteiger partial charge is 0.227 e. The van der Waals surface area contributed by atoms with Crippen LogP contribution in [0.3, 0.4) is 0 Å². The van der Waals surface area contributed by atoms with Crippen molar-refractivity contribution in [3.63, 3.8) is 0 Å². The number of hydrogen-bond donors (Lipinski definition) is 0. The summed E-state index contributed by atoms with van der Waals surface area (Å²) in [4.78, 5) is 7.16. The molecule has 3 nitrogen and oxygen atoms in total. The third kappa shape index (κ3) is 4.46. The van der Waals surface area contributed by atoms with E-state index >= 15 is 0 Å². The van der Waals surface area contributed by atoms with Crippen molar-refractivity contribution < 1.29 is 4.42 Å². The molecule has 0 aliphatic heterocycles. The van der Waals surface area contributed by atoms with Crippen LogP contribution in [0, 0.1) is 0 Å². The van der Waals surface area contributed by atoms with Gasteiger partial charge in [0.1, 0.15) is 5.52 Å². The highest BCUT2D eigenvalue weighted by atomic mass is 32.1. The van der Waals surface area contributed by atoms with E-state index in [0.717, 1.165) is 44.5 Å². The number of aromatic nitrogens is 1. The fourth-order valence-corrected chi connectivity index (χ4v) is 7.39. The third-order valence-corrected chi connectivity index (χ3v) is 9.61. The van der Waals surface area contributed by atoms with Crippen molar-refractivity contribution in [2.45, 2.75) is 0 Å². The van der Waals surface area contributed by atoms with Gasteiger partial charge in [-0.05, 0) is 89.3 Å². The van der Waals surface area contributed by atoms with Crippen LogP contribution in [-0.2, 0) is 0 Å². The van der Waals surface area contributed by atoms with Gasteiger partial charge in [0.2, 0.25) is 5.89 Å². The topological polar surface area (TPSA) is 29.3 Å². The van der Waals surface area contributed by atoms with Crippen molar-refractivity contribution in [2.75, 3.05) is 4.90 Å². The standard InChI is InChI=1S/C41H26N2OS/c1-3-10-27(11-4-1)29-14-9-15-31(24-29)43(33-20-23-39-36(26-33)35-16-7-8-17-38(35)45-39)32-19-21-34-30(25-32)18-22-37-40(34)44-41(42-37)28-12-5-2-6-13-28/h1-26H. The van der Waals surface area contributed by atoms with E-state index in [1.807, 2.05) is 41.7 Å². The molecular formula is C41H26N2OS. The van der Waals surface area contributed by atoms with Crippen LogP contribution in [0.4, 0.5) is 17.1 Å². The first-order valence-electron chi connectivity index (χ1n) is 15.0. The minimum atomic E-state index is 0.637. The highest BCUT2D eigenvalue weighted by Crippen LogP contribution is 2.42. The Labute approximate surface area is 264 Å². The fraction of sp³-hybridized carbons (Fsp3) is 0. The Kier molecular flexibility index (Phi) is 6.00. The van der Waals surface area contributed by atoms with Gasteiger partial charge < -0.3 is 9.32 Å². The summed E-state index contributed by atoms with van der Waals surface area (Å²) in [6.45, 7) is 0. The Balaban J connectivity index is 1.23. The molecule has 4 heteroatoms. The average Bonchev–Trinajstić information content (AvgIpc) is 3.71. The van der Waals surface area contributed by atoms with Crippen molar-refractivity contribution in [1.82, 2.24) is 4.98 Å². The summed E-state index contributed by atoms with van der Waals surface area (Å²) >= 11 is 1.84. The summed E-state index contributed by atoms with van der Waals surface area (Å²) in [5, 5.41) is 4.71. The van der Waals surface area contributed by atoms with Crippen LogP contribution in [0.25, 0.3) is 64.6 Å². The molecule has 0 saturated carbocycles. The maximum atomic E-state index is 6.36. The molecule has 9 aromatic rings. The first-order valence-corrected chi connectivity index (χ1v) is 15.9. The fourth-order valence-electron chi connectivity index (χ4n) is 6.30. The zero-order valence-electron chi connectivity index (χ0n) is 24.2. The van der Waals surface area contributed by atoms with Gasteiger partial charge in [0, 0.05) is 48.2 Å². The average molecular weight is 595 g/mol. The van der Waals surface area contributed by atoms with E-state index in [4.69, 9.17) is 9.40 Å². The second kappa shape index (κ2) is 10.5. The minimum Gasteiger partial charge on any atom is -0.435 e. The lowest BCUT2D eigenvalue weighted by molar-refractivity contribution is 0.623. The second-order valence-electron chi connectivity index (χ2n) is 11.2. The lowest BCUT2D eigenvalue weighted by Crippen LogP contribution is -2.10. The molecule has 7 aromatic carbocycles. The molecule has 0 saturated heterocycles. The van der Waals surface area contributed by atoms with Gasteiger partial charge in [0.25, 0.3) is 0 Å². The van der Waals surface area contributed by atoms with Gasteiger partial charge >= 0.3 is 0 Å². The van der Waals surface area contributed by atoms with E-state index < -0.39 is 0 Å². The molecule has 0 fully saturated rings. The largest absolute Gasteiger partial charge is 0.435 e. The van der Waals surface area contributed by atoms with Crippen LogP contribution in [0.2, 0.25) is 0 Å². The van der Waals surface area contributed by atoms with Crippen LogP contribution >= 0.6 is 11.3 Å². The van der Waals surface area contributed by atoms with Crippen molar-refractivity contribution in [2.24, 2.45) is 0 Å². The minimum absolute atomic E-state index is 0.637. The molecule has 0 aliphatic carbocycles. The van der Waals surface area contributed by atoms with Crippen LogP contribution in [-0.4, -0.2) is 4.98 Å². The maximum absolute atomic E-state index is 6.36. The number of benzene rings is 7. The van der Waals surface area contributed by atoms with Crippen LogP contribution in [0.5, 0.6) is 0 Å². The van der Waals surface area contributed by atoms with E-state index in [2.05, 4.69) is 132 Å². The van der Waals surface area contributed by atoms with Gasteiger partial charge in [-0.3, -0.25) is 0 Å². The maximum Gasteiger partial charge on any atom is 0.227 e. The normalized spacial score (nSPS) is 11.6. The number of anilines is 3. The molecule has 2 heterocycles. The van der Waals surface area contributed by atoms with E-state index in [-0.39, 0.29) is 0 Å². The Hall–Kier alpha value is -5.71. The van der Waals surface area contributed by atoms with Gasteiger partial charge in [0.05, 0.1) is 0 Å². The van der Waals surface area contributed by atoms with Crippen molar-refractivity contribution >= 4 is 70.4 Å². The zero-order chi connectivity index (χ0) is 29.7. The Bertz CT molecular complexity index is 2500. The monoisotopic (exact) mass is 594 g/mol. The van der Waals surface area contributed by atoms with Gasteiger partial charge in [-0.15, -0.1) is 11.3 Å². The predicted molar refractivity (Wildman–Crippen MR) is 190 cm³/mol. The van der Waals surface area contributed by atoms with Gasteiger partial charge in [-0.1, -0.05) is 84.9 Å². The first kappa shape index (κ1) is 25.8. The van der Waals surface area contributed by atoms with Gasteiger partial charge in [-0.2, -0.15) is 0 Å². The van der Waals surface area contributed by atoms with Crippen molar-refractivity contribution in [3.05, 3.63) is 158 Å². The molecule has 0 spiro atoms. The number of fused-ring (bicyclic) bond motifs is 6. The van der Waals surface area contributed by atoms with E-state index in [0.29, 0.717) is 5.89 Å². The second-order valence-corrected chi connectivity index (χ2v) is 12.3. The number of oxazole rings is 1. The van der Waals surface area contributed by atoms with E-state index in [1.165, 1.54) is 31.3 Å². The van der Waals surface area contributed by atoms with Crippen molar-refractivity contribution in [3.8, 4) is 22.6 Å². The quantitative estimate of drug-likeness (QED) is 0.198. The molecule has 0 unspecified atom stereocenters. The molecule has 0 N–H and O–H groups in total. The van der Waals surface area contributed by atoms with Gasteiger partial charge in [0.15, 0.2) is 5.58 Å².